The number of carbonyl (C=O) groups excluding carboxylic acids is 1. The summed E-state index contributed by atoms with van der Waals surface area (Å²) in [5, 5.41) is 8.53. The number of carbonyl (C=O) groups is 1. The van der Waals surface area contributed by atoms with Crippen molar-refractivity contribution in [3.8, 4) is 11.5 Å². The number of rotatable bonds is 5. The fraction of sp³-hybridized carbons (Fsp3) is 0.136. The highest BCUT2D eigenvalue weighted by Crippen LogP contribution is 2.31. The lowest BCUT2D eigenvalue weighted by Crippen LogP contribution is -2.14. The summed E-state index contributed by atoms with van der Waals surface area (Å²) in [6.07, 6.45) is 0. The van der Waals surface area contributed by atoms with E-state index in [1.165, 1.54) is 36.4 Å². The second-order valence-corrected chi connectivity index (χ2v) is 7.41. The Bertz CT molecular complexity index is 1060. The topological polar surface area (TPSA) is 81.4 Å². The maximum absolute atomic E-state index is 13.1. The molecule has 0 radical (unpaired) electrons. The molecular formula is C22H22ClFN2O3S. The van der Waals surface area contributed by atoms with Crippen molar-refractivity contribution in [2.75, 3.05) is 5.32 Å². The van der Waals surface area contributed by atoms with E-state index in [1.54, 1.807) is 31.2 Å². The molecule has 0 fully saturated rings. The number of amides is 1. The van der Waals surface area contributed by atoms with Crippen LogP contribution in [0.3, 0.4) is 0 Å². The number of halogens is 2. The van der Waals surface area contributed by atoms with Crippen LogP contribution in [0, 0.1) is 12.7 Å². The van der Waals surface area contributed by atoms with Gasteiger partial charge < -0.3 is 10.1 Å². The van der Waals surface area contributed by atoms with E-state index in [0.717, 1.165) is 0 Å². The Balaban J connectivity index is 0.00000155. The van der Waals surface area contributed by atoms with Gasteiger partial charge in [0.1, 0.15) is 28.3 Å². The molecule has 1 amide bonds. The van der Waals surface area contributed by atoms with Gasteiger partial charge in [0.15, 0.2) is 0 Å². The minimum Gasteiger partial charge on any atom is -0.456 e. The molecule has 0 bridgehead atoms. The van der Waals surface area contributed by atoms with Gasteiger partial charge in [-0.3, -0.25) is 4.79 Å². The highest BCUT2D eigenvalue weighted by molar-refractivity contribution is 7.82. The molecule has 0 saturated carbocycles. The summed E-state index contributed by atoms with van der Waals surface area (Å²) in [5.74, 6) is -0.268. The molecule has 0 aliphatic heterocycles. The minimum atomic E-state index is -1.66. The maximum Gasteiger partial charge on any atom is 0.259 e. The van der Waals surface area contributed by atoms with Gasteiger partial charge in [0, 0.05) is 16.8 Å². The van der Waals surface area contributed by atoms with E-state index in [-0.39, 0.29) is 11.3 Å². The first-order valence-electron chi connectivity index (χ1n) is 9.14. The predicted molar refractivity (Wildman–Crippen MR) is 119 cm³/mol. The summed E-state index contributed by atoms with van der Waals surface area (Å²) in [4.78, 5) is 13.2. The highest BCUT2D eigenvalue weighted by atomic mass is 35.5. The standard InChI is InChI=1S/C20H16ClFN2O3S.C2H6/c1-12-9-17(20(25)24-14-3-2-4-16(10-14)28(23)26)19(11-18(12)21)27-15-7-5-13(22)6-8-15;1-2/h2-11H,23H2,1H3,(H,24,25);1-2H3. The number of hydrogen-bond donors (Lipinski definition) is 2. The SMILES string of the molecule is CC.Cc1cc(C(=O)Nc2cccc(S(N)=O)c2)c(Oc2ccc(F)cc2)cc1Cl. The summed E-state index contributed by atoms with van der Waals surface area (Å²) in [5.41, 5.74) is 1.36. The van der Waals surface area contributed by atoms with Crippen LogP contribution < -0.4 is 15.2 Å². The van der Waals surface area contributed by atoms with Crippen molar-refractivity contribution in [1.82, 2.24) is 0 Å². The van der Waals surface area contributed by atoms with Gasteiger partial charge in [0.25, 0.3) is 5.91 Å². The van der Waals surface area contributed by atoms with Gasteiger partial charge in [-0.1, -0.05) is 31.5 Å². The van der Waals surface area contributed by atoms with E-state index in [9.17, 15) is 13.4 Å². The Labute approximate surface area is 182 Å². The zero-order valence-corrected chi connectivity index (χ0v) is 18.3. The molecule has 3 rings (SSSR count). The van der Waals surface area contributed by atoms with Crippen LogP contribution in [0.15, 0.2) is 65.6 Å². The molecule has 158 valence electrons. The first-order chi connectivity index (χ1) is 14.3. The lowest BCUT2D eigenvalue weighted by atomic mass is 10.1. The summed E-state index contributed by atoms with van der Waals surface area (Å²) in [6, 6.07) is 14.9. The Kier molecular flexibility index (Phi) is 8.53. The van der Waals surface area contributed by atoms with E-state index < -0.39 is 22.7 Å². The summed E-state index contributed by atoms with van der Waals surface area (Å²) < 4.78 is 30.3. The molecule has 1 unspecified atom stereocenters. The fourth-order valence-electron chi connectivity index (χ4n) is 2.45. The molecule has 3 N–H and O–H groups in total. The van der Waals surface area contributed by atoms with Crippen molar-refractivity contribution in [2.45, 2.75) is 25.7 Å². The number of ether oxygens (including phenoxy) is 1. The number of nitrogens with two attached hydrogens (primary N) is 1. The van der Waals surface area contributed by atoms with E-state index in [4.69, 9.17) is 21.5 Å². The molecule has 0 saturated heterocycles. The van der Waals surface area contributed by atoms with Crippen molar-refractivity contribution in [3.05, 3.63) is 82.6 Å². The van der Waals surface area contributed by atoms with Crippen molar-refractivity contribution in [2.24, 2.45) is 5.14 Å². The van der Waals surface area contributed by atoms with Gasteiger partial charge in [0.05, 0.1) is 10.5 Å². The zero-order chi connectivity index (χ0) is 22.3. The Hall–Kier alpha value is -2.74. The summed E-state index contributed by atoms with van der Waals surface area (Å²) in [7, 11) is -1.66. The molecule has 3 aromatic carbocycles. The lowest BCUT2D eigenvalue weighted by Gasteiger charge is -2.14. The van der Waals surface area contributed by atoms with E-state index in [2.05, 4.69) is 5.32 Å². The van der Waals surface area contributed by atoms with Crippen LogP contribution in [0.2, 0.25) is 5.02 Å². The molecule has 1 atom stereocenters. The van der Waals surface area contributed by atoms with Crippen LogP contribution >= 0.6 is 11.6 Å². The van der Waals surface area contributed by atoms with Crippen molar-refractivity contribution >= 4 is 34.2 Å². The normalized spacial score (nSPS) is 11.1. The Morgan fingerprint density at radius 3 is 2.40 bits per heavy atom. The molecule has 0 aromatic heterocycles. The van der Waals surface area contributed by atoms with Gasteiger partial charge in [-0.2, -0.15) is 0 Å². The largest absolute Gasteiger partial charge is 0.456 e. The van der Waals surface area contributed by atoms with Crippen LogP contribution in [0.4, 0.5) is 10.1 Å². The lowest BCUT2D eigenvalue weighted by molar-refractivity contribution is 0.102. The van der Waals surface area contributed by atoms with Crippen molar-refractivity contribution in [3.63, 3.8) is 0 Å². The van der Waals surface area contributed by atoms with Crippen LogP contribution in [0.1, 0.15) is 29.8 Å². The Morgan fingerprint density at radius 2 is 1.77 bits per heavy atom. The van der Waals surface area contributed by atoms with E-state index >= 15 is 0 Å². The Morgan fingerprint density at radius 1 is 1.10 bits per heavy atom. The van der Waals surface area contributed by atoms with Gasteiger partial charge in [0.2, 0.25) is 0 Å². The third-order valence-electron chi connectivity index (χ3n) is 3.87. The van der Waals surface area contributed by atoms with Crippen LogP contribution in [-0.4, -0.2) is 10.1 Å². The molecule has 30 heavy (non-hydrogen) atoms. The molecule has 0 heterocycles. The van der Waals surface area contributed by atoms with Gasteiger partial charge >= 0.3 is 0 Å². The fourth-order valence-corrected chi connectivity index (χ4v) is 3.06. The number of nitrogens with one attached hydrogen (secondary N) is 1. The predicted octanol–water partition coefficient (Wildman–Crippen LogP) is 5.84. The average molecular weight is 449 g/mol. The van der Waals surface area contributed by atoms with E-state index in [1.807, 2.05) is 13.8 Å². The first-order valence-corrected chi connectivity index (χ1v) is 10.7. The smallest absolute Gasteiger partial charge is 0.259 e. The summed E-state index contributed by atoms with van der Waals surface area (Å²) in [6.45, 7) is 5.76. The zero-order valence-electron chi connectivity index (χ0n) is 16.7. The van der Waals surface area contributed by atoms with Gasteiger partial charge in [-0.15, -0.1) is 0 Å². The van der Waals surface area contributed by atoms with Crippen molar-refractivity contribution in [1.29, 1.82) is 0 Å². The first kappa shape index (κ1) is 23.5. The third kappa shape index (κ3) is 6.13. The molecule has 0 aliphatic carbocycles. The van der Waals surface area contributed by atoms with E-state index in [0.29, 0.717) is 26.9 Å². The van der Waals surface area contributed by atoms with Crippen LogP contribution in [0.25, 0.3) is 0 Å². The molecule has 3 aromatic rings. The minimum absolute atomic E-state index is 0.221. The second kappa shape index (κ2) is 10.9. The second-order valence-electron chi connectivity index (χ2n) is 5.93. The van der Waals surface area contributed by atoms with Crippen molar-refractivity contribution < 1.29 is 18.1 Å². The number of aryl methyl sites for hydroxylation is 1. The van der Waals surface area contributed by atoms with Gasteiger partial charge in [-0.05, 0) is 61.0 Å². The molecule has 0 spiro atoms. The monoisotopic (exact) mass is 448 g/mol. The average Bonchev–Trinajstić information content (AvgIpc) is 2.73. The quantitative estimate of drug-likeness (QED) is 0.514. The number of anilines is 1. The third-order valence-corrected chi connectivity index (χ3v) is 5.00. The maximum atomic E-state index is 13.1. The van der Waals surface area contributed by atoms with Crippen LogP contribution in [-0.2, 0) is 11.0 Å². The molecule has 8 heteroatoms. The number of benzene rings is 3. The molecule has 5 nitrogen and oxygen atoms in total. The highest BCUT2D eigenvalue weighted by Gasteiger charge is 2.17. The molecular weight excluding hydrogens is 427 g/mol. The molecule has 0 aliphatic rings. The number of hydrogen-bond acceptors (Lipinski definition) is 3. The summed E-state index contributed by atoms with van der Waals surface area (Å²) >= 11 is 6.18. The van der Waals surface area contributed by atoms with Crippen LogP contribution in [0.5, 0.6) is 11.5 Å². The van der Waals surface area contributed by atoms with Gasteiger partial charge in [-0.25, -0.2) is 13.7 Å².